The molecule has 0 atom stereocenters. The van der Waals surface area contributed by atoms with Gasteiger partial charge in [0.2, 0.25) is 0 Å². The van der Waals surface area contributed by atoms with E-state index < -0.39 is 17.6 Å². The summed E-state index contributed by atoms with van der Waals surface area (Å²) < 4.78 is 8.33. The minimum Gasteiger partial charge on any atom is -0.491 e. The third-order valence-electron chi connectivity index (χ3n) is 7.34. The number of halogens is 2. The Hall–Kier alpha value is -4.21. The topological polar surface area (TPSA) is 142 Å². The molecular formula is C30H23Cl2N5O5S. The lowest BCUT2D eigenvalue weighted by atomic mass is 10.0. The molecule has 4 heterocycles. The highest BCUT2D eigenvalue weighted by atomic mass is 35.5. The number of rotatable bonds is 7. The van der Waals surface area contributed by atoms with Gasteiger partial charge < -0.3 is 19.8 Å². The number of nitriles is 1. The summed E-state index contributed by atoms with van der Waals surface area (Å²) in [6.07, 6.45) is -0.521. The van der Waals surface area contributed by atoms with Gasteiger partial charge in [0.05, 0.1) is 55.6 Å². The second kappa shape index (κ2) is 11.1. The van der Waals surface area contributed by atoms with Crippen LogP contribution in [0.15, 0.2) is 40.5 Å². The quantitative estimate of drug-likeness (QED) is 0.239. The summed E-state index contributed by atoms with van der Waals surface area (Å²) in [5, 5.41) is 31.9. The number of aliphatic hydroxyl groups excluding tert-OH is 1. The van der Waals surface area contributed by atoms with Gasteiger partial charge in [-0.2, -0.15) is 5.26 Å². The van der Waals surface area contributed by atoms with Crippen LogP contribution < -0.4 is 15.2 Å². The van der Waals surface area contributed by atoms with Crippen molar-refractivity contribution in [1.29, 1.82) is 5.26 Å². The number of aliphatic hydroxyl groups is 1. The minimum absolute atomic E-state index is 0.0846. The standard InChI is InChI=1S/C30H23Cl2N5O5S/c1-14-7-19(28-26(34-14)21(13-43-28)30(40)41)18-8-16(31)3-4-24(18)42-6-5-37-15(2)35-23-9-22(32)27(36-11-17(38)12-36)20(10-33)25(23)29(37)39/h3-4,7-9,13,17,38H,5-6,11-12H2,1-2H3,(H,40,41). The van der Waals surface area contributed by atoms with Gasteiger partial charge in [0, 0.05) is 40.3 Å². The Kier molecular flexibility index (Phi) is 7.48. The third kappa shape index (κ3) is 5.06. The number of hydrogen-bond donors (Lipinski definition) is 2. The predicted molar refractivity (Wildman–Crippen MR) is 166 cm³/mol. The van der Waals surface area contributed by atoms with E-state index in [9.17, 15) is 25.1 Å². The first kappa shape index (κ1) is 28.9. The van der Waals surface area contributed by atoms with Crippen molar-refractivity contribution >= 4 is 67.3 Å². The van der Waals surface area contributed by atoms with Gasteiger partial charge in [0.15, 0.2) is 0 Å². The average Bonchev–Trinajstić information content (AvgIpc) is 3.37. The molecule has 3 aromatic heterocycles. The van der Waals surface area contributed by atoms with E-state index in [-0.39, 0.29) is 29.7 Å². The number of aromatic carboxylic acids is 1. The fourth-order valence-electron chi connectivity index (χ4n) is 5.34. The number of carboxylic acids is 1. The van der Waals surface area contributed by atoms with Crippen LogP contribution >= 0.6 is 34.5 Å². The highest BCUT2D eigenvalue weighted by Crippen LogP contribution is 2.40. The largest absolute Gasteiger partial charge is 0.491 e. The van der Waals surface area contributed by atoms with E-state index in [1.807, 2.05) is 6.07 Å². The van der Waals surface area contributed by atoms with Crippen molar-refractivity contribution in [2.75, 3.05) is 24.6 Å². The molecule has 13 heteroatoms. The summed E-state index contributed by atoms with van der Waals surface area (Å²) in [5.74, 6) is -0.140. The van der Waals surface area contributed by atoms with Crippen molar-refractivity contribution in [3.63, 3.8) is 0 Å². The summed E-state index contributed by atoms with van der Waals surface area (Å²) in [4.78, 5) is 36.3. The molecule has 43 heavy (non-hydrogen) atoms. The van der Waals surface area contributed by atoms with Gasteiger partial charge in [0.25, 0.3) is 5.56 Å². The molecule has 1 aliphatic rings. The zero-order valence-corrected chi connectivity index (χ0v) is 25.2. The lowest BCUT2D eigenvalue weighted by molar-refractivity contribution is 0.0699. The summed E-state index contributed by atoms with van der Waals surface area (Å²) in [6.45, 7) is 4.34. The highest BCUT2D eigenvalue weighted by Gasteiger charge is 2.30. The molecule has 1 fully saturated rings. The van der Waals surface area contributed by atoms with E-state index in [0.29, 0.717) is 67.4 Å². The van der Waals surface area contributed by atoms with Crippen LogP contribution in [-0.4, -0.2) is 56.5 Å². The van der Waals surface area contributed by atoms with Crippen LogP contribution in [-0.2, 0) is 6.54 Å². The number of carboxylic acid groups (broad SMARTS) is 1. The molecule has 5 aromatic rings. The molecule has 10 nitrogen and oxygen atoms in total. The first-order valence-corrected chi connectivity index (χ1v) is 14.8. The Morgan fingerprint density at radius 1 is 1.19 bits per heavy atom. The number of fused-ring (bicyclic) bond motifs is 2. The number of thiophene rings is 1. The van der Waals surface area contributed by atoms with Crippen LogP contribution in [0.3, 0.4) is 0 Å². The number of β-amino-alcohol motifs (C(OH)–C–C–N with tert-alkyl or cyclic N) is 1. The Balaban J connectivity index is 1.35. The van der Waals surface area contributed by atoms with Crippen LogP contribution in [0, 0.1) is 25.2 Å². The second-order valence-electron chi connectivity index (χ2n) is 10.2. The molecule has 1 saturated heterocycles. The maximum atomic E-state index is 13.7. The zero-order valence-electron chi connectivity index (χ0n) is 22.9. The Bertz CT molecular complexity index is 2060. The van der Waals surface area contributed by atoms with Crippen LogP contribution in [0.2, 0.25) is 10.0 Å². The molecule has 2 N–H and O–H groups in total. The number of pyridine rings is 1. The molecule has 0 amide bonds. The Morgan fingerprint density at radius 3 is 2.65 bits per heavy atom. The number of aryl methyl sites for hydroxylation is 2. The number of nitrogens with zero attached hydrogens (tertiary/aromatic N) is 5. The molecule has 0 aliphatic carbocycles. The smallest absolute Gasteiger partial charge is 0.338 e. The van der Waals surface area contributed by atoms with E-state index >= 15 is 0 Å². The highest BCUT2D eigenvalue weighted by molar-refractivity contribution is 7.18. The normalized spacial score (nSPS) is 13.3. The number of carbonyl (C=O) groups is 1. The maximum Gasteiger partial charge on any atom is 0.338 e. The number of ether oxygens (including phenoxy) is 1. The minimum atomic E-state index is -1.06. The van der Waals surface area contributed by atoms with Gasteiger partial charge in [0.1, 0.15) is 24.3 Å². The lowest BCUT2D eigenvalue weighted by Crippen LogP contribution is -2.51. The van der Waals surface area contributed by atoms with Crippen molar-refractivity contribution in [3.8, 4) is 22.9 Å². The number of hydrogen-bond acceptors (Lipinski definition) is 9. The number of anilines is 1. The van der Waals surface area contributed by atoms with Gasteiger partial charge in [-0.25, -0.2) is 9.78 Å². The van der Waals surface area contributed by atoms with E-state index in [1.54, 1.807) is 48.4 Å². The maximum absolute atomic E-state index is 13.7. The molecule has 6 rings (SSSR count). The number of aromatic nitrogens is 3. The molecule has 0 radical (unpaired) electrons. The van der Waals surface area contributed by atoms with E-state index in [0.717, 1.165) is 5.56 Å². The molecule has 0 bridgehead atoms. The van der Waals surface area contributed by atoms with Crippen LogP contribution in [0.5, 0.6) is 5.75 Å². The predicted octanol–water partition coefficient (Wildman–Crippen LogP) is 5.43. The van der Waals surface area contributed by atoms with Crippen molar-refractivity contribution in [1.82, 2.24) is 14.5 Å². The SMILES string of the molecule is Cc1cc(-c2cc(Cl)ccc2OCCn2c(C)nc3cc(Cl)c(N4CC(O)C4)c(C#N)c3c2=O)c2scc(C(=O)O)c2n1. The summed E-state index contributed by atoms with van der Waals surface area (Å²) in [6, 6.07) is 10.7. The Morgan fingerprint density at radius 2 is 1.95 bits per heavy atom. The molecule has 1 aliphatic heterocycles. The fraction of sp³-hybridized carbons (Fsp3) is 0.233. The molecule has 0 spiro atoms. The van der Waals surface area contributed by atoms with Crippen molar-refractivity contribution < 1.29 is 19.7 Å². The van der Waals surface area contributed by atoms with Gasteiger partial charge in [-0.05, 0) is 44.2 Å². The molecule has 2 aromatic carbocycles. The van der Waals surface area contributed by atoms with Crippen molar-refractivity contribution in [2.45, 2.75) is 26.5 Å². The first-order chi connectivity index (χ1) is 20.6. The van der Waals surface area contributed by atoms with Crippen LogP contribution in [0.25, 0.3) is 32.2 Å². The molecule has 218 valence electrons. The first-order valence-electron chi connectivity index (χ1n) is 13.2. The fourth-order valence-corrected chi connectivity index (χ4v) is 6.84. The van der Waals surface area contributed by atoms with Gasteiger partial charge in [-0.3, -0.25) is 14.3 Å². The molecular weight excluding hydrogens is 613 g/mol. The van der Waals surface area contributed by atoms with Crippen LogP contribution in [0.4, 0.5) is 5.69 Å². The number of benzene rings is 2. The van der Waals surface area contributed by atoms with E-state index in [4.69, 9.17) is 27.9 Å². The summed E-state index contributed by atoms with van der Waals surface area (Å²) in [7, 11) is 0. The molecule has 0 unspecified atom stereocenters. The average molecular weight is 637 g/mol. The van der Waals surface area contributed by atoms with Crippen molar-refractivity contribution in [2.24, 2.45) is 0 Å². The molecule has 0 saturated carbocycles. The second-order valence-corrected chi connectivity index (χ2v) is 11.9. The van der Waals surface area contributed by atoms with Crippen molar-refractivity contribution in [3.05, 3.63) is 78.8 Å². The van der Waals surface area contributed by atoms with Gasteiger partial charge >= 0.3 is 5.97 Å². The lowest BCUT2D eigenvalue weighted by Gasteiger charge is -2.38. The monoisotopic (exact) mass is 635 g/mol. The zero-order chi connectivity index (χ0) is 30.6. The van der Waals surface area contributed by atoms with Gasteiger partial charge in [-0.15, -0.1) is 11.3 Å². The Labute approximate surface area is 258 Å². The van der Waals surface area contributed by atoms with E-state index in [1.165, 1.54) is 15.9 Å². The van der Waals surface area contributed by atoms with Gasteiger partial charge in [-0.1, -0.05) is 23.2 Å². The van der Waals surface area contributed by atoms with E-state index in [2.05, 4.69) is 16.0 Å². The third-order valence-corrected chi connectivity index (χ3v) is 8.87. The summed E-state index contributed by atoms with van der Waals surface area (Å²) >= 11 is 14.1. The summed E-state index contributed by atoms with van der Waals surface area (Å²) in [5.41, 5.74) is 3.00. The van der Waals surface area contributed by atoms with Crippen LogP contribution in [0.1, 0.15) is 27.4 Å².